The third-order valence-corrected chi connectivity index (χ3v) is 4.77. The topological polar surface area (TPSA) is 55.4 Å². The minimum absolute atomic E-state index is 0.00820. The minimum Gasteiger partial charge on any atom is -0.481 e. The molecule has 4 nitrogen and oxygen atoms in total. The van der Waals surface area contributed by atoms with Crippen LogP contribution in [-0.2, 0) is 4.79 Å². The van der Waals surface area contributed by atoms with Gasteiger partial charge < -0.3 is 10.1 Å². The van der Waals surface area contributed by atoms with Crippen molar-refractivity contribution in [3.05, 3.63) is 101 Å². The van der Waals surface area contributed by atoms with E-state index in [4.69, 9.17) is 4.74 Å². The van der Waals surface area contributed by atoms with Crippen molar-refractivity contribution in [2.45, 2.75) is 32.9 Å². The van der Waals surface area contributed by atoms with E-state index in [1.54, 1.807) is 31.2 Å². The van der Waals surface area contributed by atoms with Gasteiger partial charge in [0.05, 0.1) is 6.04 Å². The number of hydrogen-bond acceptors (Lipinski definition) is 3. The predicted octanol–water partition coefficient (Wildman–Crippen LogP) is 4.87. The van der Waals surface area contributed by atoms with Crippen molar-refractivity contribution in [2.75, 3.05) is 0 Å². The smallest absolute Gasteiger partial charge is 0.261 e. The summed E-state index contributed by atoms with van der Waals surface area (Å²) in [6.07, 6.45) is -0.685. The molecule has 0 radical (unpaired) electrons. The van der Waals surface area contributed by atoms with Crippen molar-refractivity contribution < 1.29 is 14.3 Å². The van der Waals surface area contributed by atoms with Gasteiger partial charge >= 0.3 is 0 Å². The summed E-state index contributed by atoms with van der Waals surface area (Å²) in [5.74, 6) is 0.325. The molecule has 3 rings (SSSR count). The van der Waals surface area contributed by atoms with E-state index >= 15 is 0 Å². The highest BCUT2D eigenvalue weighted by molar-refractivity contribution is 5.94. The number of nitrogens with one attached hydrogen (secondary N) is 1. The molecule has 0 spiro atoms. The second kappa shape index (κ2) is 9.20. The van der Waals surface area contributed by atoms with Crippen LogP contribution in [0.3, 0.4) is 0 Å². The fourth-order valence-electron chi connectivity index (χ4n) is 3.05. The van der Waals surface area contributed by atoms with Crippen LogP contribution in [0.4, 0.5) is 0 Å². The SMILES string of the molecule is CC(=O)c1ccc(O[C@H](C)C(=O)N[C@@H](c2ccccc2)c2ccc(C)cc2)cc1. The Hall–Kier alpha value is -3.40. The third-order valence-electron chi connectivity index (χ3n) is 4.77. The molecular weight excluding hydrogens is 362 g/mol. The number of hydrogen-bond donors (Lipinski definition) is 1. The Bertz CT molecular complexity index is 963. The molecule has 1 N–H and O–H groups in total. The van der Waals surface area contributed by atoms with Gasteiger partial charge in [0.1, 0.15) is 5.75 Å². The number of Topliss-reactive ketones (excluding diaryl/α,β-unsaturated/α-hetero) is 1. The average Bonchev–Trinajstić information content (AvgIpc) is 2.73. The van der Waals surface area contributed by atoms with Gasteiger partial charge in [-0.3, -0.25) is 9.59 Å². The third kappa shape index (κ3) is 5.32. The van der Waals surface area contributed by atoms with Crippen molar-refractivity contribution in [3.63, 3.8) is 0 Å². The van der Waals surface area contributed by atoms with E-state index in [0.29, 0.717) is 11.3 Å². The average molecular weight is 387 g/mol. The van der Waals surface area contributed by atoms with Crippen LogP contribution in [0.15, 0.2) is 78.9 Å². The van der Waals surface area contributed by atoms with Crippen molar-refractivity contribution in [2.24, 2.45) is 0 Å². The lowest BCUT2D eigenvalue weighted by molar-refractivity contribution is -0.127. The first kappa shape index (κ1) is 20.3. The lowest BCUT2D eigenvalue weighted by atomic mass is 9.97. The number of carbonyl (C=O) groups excluding carboxylic acids is 2. The molecule has 0 saturated heterocycles. The van der Waals surface area contributed by atoms with Crippen molar-refractivity contribution >= 4 is 11.7 Å². The number of aryl methyl sites for hydroxylation is 1. The van der Waals surface area contributed by atoms with Gasteiger partial charge in [-0.25, -0.2) is 0 Å². The normalized spacial score (nSPS) is 12.7. The Morgan fingerprint density at radius 1 is 0.828 bits per heavy atom. The molecule has 0 bridgehead atoms. The number of amides is 1. The van der Waals surface area contributed by atoms with Crippen LogP contribution in [0.5, 0.6) is 5.75 Å². The summed E-state index contributed by atoms with van der Waals surface area (Å²) in [6, 6.07) is 24.5. The van der Waals surface area contributed by atoms with Gasteiger partial charge in [0.25, 0.3) is 5.91 Å². The predicted molar refractivity (Wildman–Crippen MR) is 114 cm³/mol. The first-order chi connectivity index (χ1) is 13.9. The molecule has 3 aromatic rings. The highest BCUT2D eigenvalue weighted by Gasteiger charge is 2.21. The Morgan fingerprint density at radius 2 is 1.41 bits per heavy atom. The molecule has 0 aliphatic heterocycles. The van der Waals surface area contributed by atoms with Gasteiger partial charge in [-0.2, -0.15) is 0 Å². The molecule has 0 aliphatic carbocycles. The van der Waals surface area contributed by atoms with Gasteiger partial charge in [0, 0.05) is 5.56 Å². The molecule has 3 aromatic carbocycles. The maximum absolute atomic E-state index is 12.9. The van der Waals surface area contributed by atoms with Gasteiger partial charge in [0.2, 0.25) is 0 Å². The van der Waals surface area contributed by atoms with E-state index in [9.17, 15) is 9.59 Å². The number of rotatable bonds is 7. The lowest BCUT2D eigenvalue weighted by Gasteiger charge is -2.23. The fourth-order valence-corrected chi connectivity index (χ4v) is 3.05. The maximum Gasteiger partial charge on any atom is 0.261 e. The highest BCUT2D eigenvalue weighted by atomic mass is 16.5. The molecule has 0 aromatic heterocycles. The molecular formula is C25H25NO3. The highest BCUT2D eigenvalue weighted by Crippen LogP contribution is 2.23. The maximum atomic E-state index is 12.9. The van der Waals surface area contributed by atoms with E-state index in [1.807, 2.05) is 61.5 Å². The van der Waals surface area contributed by atoms with E-state index in [2.05, 4.69) is 5.32 Å². The minimum atomic E-state index is -0.685. The van der Waals surface area contributed by atoms with Crippen LogP contribution in [0.25, 0.3) is 0 Å². The van der Waals surface area contributed by atoms with Gasteiger partial charge in [-0.05, 0) is 56.2 Å². The monoisotopic (exact) mass is 387 g/mol. The quantitative estimate of drug-likeness (QED) is 0.589. The number of ether oxygens (including phenoxy) is 1. The number of benzene rings is 3. The first-order valence-electron chi connectivity index (χ1n) is 9.63. The fraction of sp³-hybridized carbons (Fsp3) is 0.200. The summed E-state index contributed by atoms with van der Waals surface area (Å²) in [5.41, 5.74) is 3.78. The lowest BCUT2D eigenvalue weighted by Crippen LogP contribution is -2.39. The summed E-state index contributed by atoms with van der Waals surface area (Å²) in [4.78, 5) is 24.3. The summed E-state index contributed by atoms with van der Waals surface area (Å²) in [7, 11) is 0. The number of carbonyl (C=O) groups is 2. The van der Waals surface area contributed by atoms with E-state index in [0.717, 1.165) is 16.7 Å². The first-order valence-corrected chi connectivity index (χ1v) is 9.63. The van der Waals surface area contributed by atoms with Gasteiger partial charge in [-0.1, -0.05) is 60.2 Å². The van der Waals surface area contributed by atoms with E-state index in [-0.39, 0.29) is 17.7 Å². The zero-order chi connectivity index (χ0) is 20.8. The van der Waals surface area contributed by atoms with Crippen LogP contribution in [0.1, 0.15) is 46.9 Å². The van der Waals surface area contributed by atoms with Crippen molar-refractivity contribution in [1.82, 2.24) is 5.32 Å². The molecule has 0 aliphatic rings. The van der Waals surface area contributed by atoms with Crippen LogP contribution in [0, 0.1) is 6.92 Å². The van der Waals surface area contributed by atoms with Gasteiger partial charge in [0.15, 0.2) is 11.9 Å². The summed E-state index contributed by atoms with van der Waals surface area (Å²) < 4.78 is 5.78. The van der Waals surface area contributed by atoms with E-state index < -0.39 is 6.10 Å². The molecule has 1 amide bonds. The molecule has 0 unspecified atom stereocenters. The largest absolute Gasteiger partial charge is 0.481 e. The summed E-state index contributed by atoms with van der Waals surface area (Å²) in [6.45, 7) is 5.26. The Kier molecular flexibility index (Phi) is 6.45. The van der Waals surface area contributed by atoms with E-state index in [1.165, 1.54) is 6.92 Å². The molecule has 148 valence electrons. The summed E-state index contributed by atoms with van der Waals surface area (Å²) in [5, 5.41) is 3.10. The molecule has 2 atom stereocenters. The zero-order valence-electron chi connectivity index (χ0n) is 16.9. The second-order valence-electron chi connectivity index (χ2n) is 7.10. The van der Waals surface area contributed by atoms with Crippen LogP contribution in [0.2, 0.25) is 0 Å². The second-order valence-corrected chi connectivity index (χ2v) is 7.10. The van der Waals surface area contributed by atoms with Gasteiger partial charge in [-0.15, -0.1) is 0 Å². The molecule has 4 heteroatoms. The Morgan fingerprint density at radius 3 is 2.00 bits per heavy atom. The summed E-state index contributed by atoms with van der Waals surface area (Å²) >= 11 is 0. The van der Waals surface area contributed by atoms with Crippen molar-refractivity contribution in [1.29, 1.82) is 0 Å². The Balaban J connectivity index is 1.75. The molecule has 0 saturated carbocycles. The van der Waals surface area contributed by atoms with Crippen LogP contribution >= 0.6 is 0 Å². The Labute approximate surface area is 171 Å². The molecule has 0 heterocycles. The number of ketones is 1. The molecule has 0 fully saturated rings. The van der Waals surface area contributed by atoms with Crippen LogP contribution < -0.4 is 10.1 Å². The van der Waals surface area contributed by atoms with Crippen LogP contribution in [-0.4, -0.2) is 17.8 Å². The molecule has 29 heavy (non-hydrogen) atoms. The zero-order valence-corrected chi connectivity index (χ0v) is 16.9. The van der Waals surface area contributed by atoms with Crippen molar-refractivity contribution in [3.8, 4) is 5.75 Å². The standard InChI is InChI=1S/C25H25NO3/c1-17-9-11-22(12-10-17)24(21-7-5-4-6-8-21)26-25(28)19(3)29-23-15-13-20(14-16-23)18(2)27/h4-16,19,24H,1-3H3,(H,26,28)/t19-,24+/m1/s1.